The van der Waals surface area contributed by atoms with E-state index in [1.807, 2.05) is 0 Å². The minimum Gasteiger partial charge on any atom is -0.340 e. The summed E-state index contributed by atoms with van der Waals surface area (Å²) in [5.74, 6) is -0.0703. The van der Waals surface area contributed by atoms with Crippen LogP contribution in [0.3, 0.4) is 0 Å². The van der Waals surface area contributed by atoms with E-state index in [9.17, 15) is 12.8 Å². The number of hydrogen-bond donors (Lipinski definition) is 2. The molecule has 2 rings (SSSR count). The van der Waals surface area contributed by atoms with Crippen LogP contribution in [0.15, 0.2) is 27.6 Å². The average molecular weight is 314 g/mol. The van der Waals surface area contributed by atoms with Gasteiger partial charge in [0.05, 0.1) is 11.4 Å². The molecule has 0 fully saturated rings. The summed E-state index contributed by atoms with van der Waals surface area (Å²) < 4.78 is 44.9. The van der Waals surface area contributed by atoms with Gasteiger partial charge in [0, 0.05) is 13.5 Å². The van der Waals surface area contributed by atoms with Crippen molar-refractivity contribution in [3.8, 4) is 0 Å². The van der Waals surface area contributed by atoms with E-state index in [-0.39, 0.29) is 17.3 Å². The number of aryl methyl sites for hydroxylation is 1. The Hall–Kier alpha value is -1.84. The number of rotatable bonds is 6. The third-order valence-corrected chi connectivity index (χ3v) is 4.16. The molecule has 2 aromatic rings. The van der Waals surface area contributed by atoms with Crippen LogP contribution in [-0.4, -0.2) is 25.6 Å². The van der Waals surface area contributed by atoms with Gasteiger partial charge in [-0.2, -0.15) is 4.98 Å². The van der Waals surface area contributed by atoms with Crippen LogP contribution in [0.1, 0.15) is 17.3 Å². The van der Waals surface area contributed by atoms with Crippen molar-refractivity contribution in [2.24, 2.45) is 0 Å². The Bertz CT molecular complexity index is 730. The van der Waals surface area contributed by atoms with Crippen LogP contribution in [0.25, 0.3) is 0 Å². The first kappa shape index (κ1) is 15.5. The van der Waals surface area contributed by atoms with Crippen molar-refractivity contribution in [3.63, 3.8) is 0 Å². The zero-order valence-corrected chi connectivity index (χ0v) is 12.4. The first-order chi connectivity index (χ1) is 9.92. The first-order valence-corrected chi connectivity index (χ1v) is 7.62. The fraction of sp³-hybridized carbons (Fsp3) is 0.333. The molecule has 0 unspecified atom stereocenters. The average Bonchev–Trinajstić information content (AvgIpc) is 2.85. The van der Waals surface area contributed by atoms with E-state index in [0.717, 1.165) is 6.07 Å². The topological polar surface area (TPSA) is 97.1 Å². The van der Waals surface area contributed by atoms with Crippen molar-refractivity contribution in [1.82, 2.24) is 20.2 Å². The highest BCUT2D eigenvalue weighted by molar-refractivity contribution is 7.89. The second kappa shape index (κ2) is 6.29. The molecular weight excluding hydrogens is 299 g/mol. The van der Waals surface area contributed by atoms with Crippen LogP contribution in [-0.2, 0) is 23.1 Å². The quantitative estimate of drug-likeness (QED) is 0.815. The van der Waals surface area contributed by atoms with Gasteiger partial charge >= 0.3 is 0 Å². The van der Waals surface area contributed by atoms with E-state index in [4.69, 9.17) is 4.52 Å². The molecule has 9 heteroatoms. The molecule has 2 N–H and O–H groups in total. The zero-order chi connectivity index (χ0) is 15.5. The lowest BCUT2D eigenvalue weighted by Gasteiger charge is -2.10. The molecule has 0 saturated carbocycles. The molecule has 0 aliphatic carbocycles. The maximum Gasteiger partial charge on any atom is 0.241 e. The molecular formula is C12H15FN4O3S. The van der Waals surface area contributed by atoms with Crippen LogP contribution in [0.5, 0.6) is 0 Å². The zero-order valence-electron chi connectivity index (χ0n) is 11.6. The van der Waals surface area contributed by atoms with Crippen LogP contribution >= 0.6 is 0 Å². The van der Waals surface area contributed by atoms with Gasteiger partial charge in [0.1, 0.15) is 5.82 Å². The number of aromatic nitrogens is 2. The third-order valence-electron chi connectivity index (χ3n) is 2.68. The molecule has 1 heterocycles. The molecule has 114 valence electrons. The summed E-state index contributed by atoms with van der Waals surface area (Å²) in [6.45, 7) is 1.77. The summed E-state index contributed by atoms with van der Waals surface area (Å²) in [6.07, 6.45) is 0. The van der Waals surface area contributed by atoms with Gasteiger partial charge in [-0.05, 0) is 24.7 Å². The Balaban J connectivity index is 2.24. The molecule has 1 aromatic carbocycles. The van der Waals surface area contributed by atoms with E-state index in [2.05, 4.69) is 20.2 Å². The molecule has 0 spiro atoms. The van der Waals surface area contributed by atoms with Crippen LogP contribution in [0.4, 0.5) is 4.39 Å². The fourth-order valence-corrected chi connectivity index (χ4v) is 2.99. The molecule has 0 atom stereocenters. The Labute approximate surface area is 121 Å². The molecule has 21 heavy (non-hydrogen) atoms. The maximum atomic E-state index is 13.3. The highest BCUT2D eigenvalue weighted by Crippen LogP contribution is 2.17. The van der Waals surface area contributed by atoms with Gasteiger partial charge in [0.2, 0.25) is 15.9 Å². The summed E-state index contributed by atoms with van der Waals surface area (Å²) in [5, 5.41) is 6.43. The van der Waals surface area contributed by atoms with E-state index >= 15 is 0 Å². The lowest BCUT2D eigenvalue weighted by atomic mass is 10.2. The van der Waals surface area contributed by atoms with E-state index in [1.165, 1.54) is 12.1 Å². The summed E-state index contributed by atoms with van der Waals surface area (Å²) in [7, 11) is -2.20. The molecule has 0 bridgehead atoms. The first-order valence-electron chi connectivity index (χ1n) is 6.14. The van der Waals surface area contributed by atoms with Crippen molar-refractivity contribution in [2.45, 2.75) is 24.9 Å². The van der Waals surface area contributed by atoms with Gasteiger partial charge in [-0.1, -0.05) is 11.2 Å². The van der Waals surface area contributed by atoms with Gasteiger partial charge in [-0.15, -0.1) is 0 Å². The van der Waals surface area contributed by atoms with Gasteiger partial charge in [0.15, 0.2) is 5.82 Å². The third kappa shape index (κ3) is 3.84. The number of halogens is 1. The van der Waals surface area contributed by atoms with E-state index in [1.54, 1.807) is 14.0 Å². The Morgan fingerprint density at radius 3 is 2.71 bits per heavy atom. The van der Waals surface area contributed by atoms with Crippen LogP contribution in [0.2, 0.25) is 0 Å². The standard InChI is InChI=1S/C12H15FN4O3S/c1-8-16-12(17-20-8)7-15-21(18,19)11-5-10(13)4-3-9(11)6-14-2/h3-5,14-15H,6-7H2,1-2H3. The maximum absolute atomic E-state index is 13.3. The highest BCUT2D eigenvalue weighted by Gasteiger charge is 2.20. The largest absolute Gasteiger partial charge is 0.340 e. The molecule has 0 radical (unpaired) electrons. The van der Waals surface area contributed by atoms with Gasteiger partial charge < -0.3 is 9.84 Å². The Morgan fingerprint density at radius 2 is 2.10 bits per heavy atom. The minimum atomic E-state index is -3.88. The van der Waals surface area contributed by atoms with E-state index < -0.39 is 15.8 Å². The second-order valence-electron chi connectivity index (χ2n) is 4.34. The number of nitrogens with one attached hydrogen (secondary N) is 2. The smallest absolute Gasteiger partial charge is 0.241 e. The van der Waals surface area contributed by atoms with Crippen LogP contribution in [0, 0.1) is 12.7 Å². The predicted octanol–water partition coefficient (Wildman–Crippen LogP) is 0.715. The lowest BCUT2D eigenvalue weighted by molar-refractivity contribution is 0.387. The summed E-state index contributed by atoms with van der Waals surface area (Å²) in [6, 6.07) is 3.63. The Kier molecular flexibility index (Phi) is 4.66. The minimum absolute atomic E-state index is 0.114. The van der Waals surface area contributed by atoms with Crippen molar-refractivity contribution in [1.29, 1.82) is 0 Å². The molecule has 0 amide bonds. The van der Waals surface area contributed by atoms with Gasteiger partial charge in [-0.3, -0.25) is 0 Å². The van der Waals surface area contributed by atoms with Crippen molar-refractivity contribution >= 4 is 10.0 Å². The predicted molar refractivity (Wildman–Crippen MR) is 72.2 cm³/mol. The number of benzene rings is 1. The molecule has 7 nitrogen and oxygen atoms in total. The summed E-state index contributed by atoms with van der Waals surface area (Å²) in [5.41, 5.74) is 0.468. The molecule has 1 aromatic heterocycles. The Morgan fingerprint density at radius 1 is 1.33 bits per heavy atom. The summed E-state index contributed by atoms with van der Waals surface area (Å²) >= 11 is 0. The molecule has 0 saturated heterocycles. The normalized spacial score (nSPS) is 11.8. The second-order valence-corrected chi connectivity index (χ2v) is 6.07. The molecule has 0 aliphatic heterocycles. The van der Waals surface area contributed by atoms with Crippen molar-refractivity contribution < 1.29 is 17.3 Å². The highest BCUT2D eigenvalue weighted by atomic mass is 32.2. The van der Waals surface area contributed by atoms with Crippen molar-refractivity contribution in [2.75, 3.05) is 7.05 Å². The number of hydrogen-bond acceptors (Lipinski definition) is 6. The monoisotopic (exact) mass is 314 g/mol. The van der Waals surface area contributed by atoms with Crippen LogP contribution < -0.4 is 10.0 Å². The molecule has 0 aliphatic rings. The fourth-order valence-electron chi connectivity index (χ4n) is 1.77. The van der Waals surface area contributed by atoms with E-state index in [0.29, 0.717) is 18.0 Å². The van der Waals surface area contributed by atoms with Crippen molar-refractivity contribution in [3.05, 3.63) is 41.3 Å². The number of sulfonamides is 1. The van der Waals surface area contributed by atoms with Gasteiger partial charge in [-0.25, -0.2) is 17.5 Å². The lowest BCUT2D eigenvalue weighted by Crippen LogP contribution is -2.25. The summed E-state index contributed by atoms with van der Waals surface area (Å²) in [4.78, 5) is 3.78. The SMILES string of the molecule is CNCc1ccc(F)cc1S(=O)(=O)NCc1noc(C)n1. The van der Waals surface area contributed by atoms with Gasteiger partial charge in [0.25, 0.3) is 0 Å². The number of nitrogens with zero attached hydrogens (tertiary/aromatic N) is 2.